The summed E-state index contributed by atoms with van der Waals surface area (Å²) in [5.74, 6) is 0.741. The van der Waals surface area contributed by atoms with Crippen LogP contribution in [0, 0.1) is 6.92 Å². The first kappa shape index (κ1) is 13.7. The molecule has 0 aliphatic carbocycles. The van der Waals surface area contributed by atoms with Crippen molar-refractivity contribution in [1.29, 1.82) is 0 Å². The van der Waals surface area contributed by atoms with Crippen LogP contribution in [-0.2, 0) is 10.4 Å². The molecule has 0 aromatic heterocycles. The van der Waals surface area contributed by atoms with Crippen molar-refractivity contribution < 1.29 is 22.3 Å². The molecule has 15 heavy (non-hydrogen) atoms. The Hall–Kier alpha value is -1.31. The molecule has 0 radical (unpaired) electrons. The fourth-order valence-corrected chi connectivity index (χ4v) is 0.854. The second-order valence-electron chi connectivity index (χ2n) is 2.69. The average molecular weight is 235 g/mol. The lowest BCUT2D eigenvalue weighted by Crippen LogP contribution is -1.91. The van der Waals surface area contributed by atoms with Crippen LogP contribution in [0.4, 0.5) is 5.69 Å². The van der Waals surface area contributed by atoms with Gasteiger partial charge in [0, 0.05) is 0 Å². The maximum absolute atomic E-state index is 8.74. The number of aryl methyl sites for hydroxylation is 1. The summed E-state index contributed by atoms with van der Waals surface area (Å²) in [6.07, 6.45) is 0. The highest BCUT2D eigenvalue weighted by molar-refractivity contribution is 7.79. The zero-order chi connectivity index (χ0) is 12.1. The van der Waals surface area contributed by atoms with Crippen LogP contribution in [0.1, 0.15) is 5.56 Å². The lowest BCUT2D eigenvalue weighted by molar-refractivity contribution is 0.381. The summed E-state index contributed by atoms with van der Waals surface area (Å²) in [6, 6.07) is 5.72. The third-order valence-corrected chi connectivity index (χ3v) is 1.39. The molecule has 0 saturated carbocycles. The van der Waals surface area contributed by atoms with Crippen LogP contribution >= 0.6 is 0 Å². The van der Waals surface area contributed by atoms with Crippen molar-refractivity contribution in [2.75, 3.05) is 12.8 Å². The van der Waals surface area contributed by atoms with Crippen molar-refractivity contribution in [3.8, 4) is 5.75 Å². The molecule has 0 bridgehead atoms. The quantitative estimate of drug-likeness (QED) is 0.493. The first-order valence-electron chi connectivity index (χ1n) is 3.84. The van der Waals surface area contributed by atoms with E-state index >= 15 is 0 Å². The predicted octanol–water partition coefficient (Wildman–Crippen LogP) is 0.933. The zero-order valence-electron chi connectivity index (χ0n) is 8.34. The van der Waals surface area contributed by atoms with Crippen molar-refractivity contribution in [3.05, 3.63) is 23.8 Å². The number of nitrogens with two attached hydrogens (primary N) is 1. The van der Waals surface area contributed by atoms with Crippen LogP contribution in [0.25, 0.3) is 0 Å². The molecule has 7 heteroatoms. The summed E-state index contributed by atoms with van der Waals surface area (Å²) in [5, 5.41) is 0. The summed E-state index contributed by atoms with van der Waals surface area (Å²) >= 11 is 0. The maximum Gasteiger partial charge on any atom is 0.394 e. The predicted molar refractivity (Wildman–Crippen MR) is 56.3 cm³/mol. The van der Waals surface area contributed by atoms with Crippen molar-refractivity contribution in [3.63, 3.8) is 0 Å². The van der Waals surface area contributed by atoms with Crippen LogP contribution in [0.2, 0.25) is 0 Å². The van der Waals surface area contributed by atoms with E-state index in [0.29, 0.717) is 5.69 Å². The number of ether oxygens (including phenoxy) is 1. The van der Waals surface area contributed by atoms with Gasteiger partial charge >= 0.3 is 10.4 Å². The van der Waals surface area contributed by atoms with Gasteiger partial charge in [-0.2, -0.15) is 8.42 Å². The van der Waals surface area contributed by atoms with Crippen LogP contribution in [-0.4, -0.2) is 24.6 Å². The molecule has 0 unspecified atom stereocenters. The molecule has 0 saturated heterocycles. The second kappa shape index (κ2) is 5.54. The minimum Gasteiger partial charge on any atom is -0.495 e. The smallest absolute Gasteiger partial charge is 0.394 e. The lowest BCUT2D eigenvalue weighted by atomic mass is 10.2. The van der Waals surface area contributed by atoms with Gasteiger partial charge in [0.2, 0.25) is 0 Å². The Labute approximate surface area is 88.3 Å². The van der Waals surface area contributed by atoms with E-state index in [0.717, 1.165) is 11.3 Å². The standard InChI is InChI=1S/C8H11NO.H2O4S/c1-6-3-4-8(10-2)7(9)5-6;1-5(2,3)4/h3-5H,9H2,1-2H3;(H2,1,2,3,4). The molecule has 0 atom stereocenters. The van der Waals surface area contributed by atoms with Gasteiger partial charge in [-0.3, -0.25) is 9.11 Å². The monoisotopic (exact) mass is 235 g/mol. The van der Waals surface area contributed by atoms with Gasteiger partial charge < -0.3 is 10.5 Å². The highest BCUT2D eigenvalue weighted by Gasteiger charge is 1.95. The first-order valence-corrected chi connectivity index (χ1v) is 5.23. The van der Waals surface area contributed by atoms with Crippen LogP contribution in [0.3, 0.4) is 0 Å². The number of hydrogen-bond acceptors (Lipinski definition) is 4. The summed E-state index contributed by atoms with van der Waals surface area (Å²) < 4.78 is 36.6. The summed E-state index contributed by atoms with van der Waals surface area (Å²) in [7, 11) is -3.05. The zero-order valence-corrected chi connectivity index (χ0v) is 9.15. The molecular formula is C8H13NO5S. The molecule has 0 fully saturated rings. The molecule has 1 rings (SSSR count). The van der Waals surface area contributed by atoms with Gasteiger partial charge in [-0.25, -0.2) is 0 Å². The molecule has 0 spiro atoms. The lowest BCUT2D eigenvalue weighted by Gasteiger charge is -2.03. The van der Waals surface area contributed by atoms with E-state index in [-0.39, 0.29) is 0 Å². The molecule has 4 N–H and O–H groups in total. The largest absolute Gasteiger partial charge is 0.495 e. The van der Waals surface area contributed by atoms with E-state index in [9.17, 15) is 0 Å². The molecule has 0 heterocycles. The Morgan fingerprint density at radius 3 is 2.13 bits per heavy atom. The highest BCUT2D eigenvalue weighted by Crippen LogP contribution is 2.20. The van der Waals surface area contributed by atoms with Gasteiger partial charge in [-0.05, 0) is 24.6 Å². The molecule has 0 amide bonds. The van der Waals surface area contributed by atoms with Gasteiger partial charge in [0.25, 0.3) is 0 Å². The number of nitrogen functional groups attached to an aromatic ring is 1. The number of methoxy groups -OCH3 is 1. The molecule has 1 aromatic rings. The number of hydrogen-bond donors (Lipinski definition) is 3. The molecule has 0 aliphatic heterocycles. The van der Waals surface area contributed by atoms with E-state index in [2.05, 4.69) is 0 Å². The Balaban J connectivity index is 0.000000336. The van der Waals surface area contributed by atoms with Crippen LogP contribution < -0.4 is 10.5 Å². The summed E-state index contributed by atoms with van der Waals surface area (Å²) in [5.41, 5.74) is 7.45. The van der Waals surface area contributed by atoms with E-state index in [4.69, 9.17) is 28.0 Å². The van der Waals surface area contributed by atoms with Gasteiger partial charge in [-0.15, -0.1) is 0 Å². The first-order chi connectivity index (χ1) is 6.74. The maximum atomic E-state index is 8.74. The number of benzene rings is 1. The fraction of sp³-hybridized carbons (Fsp3) is 0.250. The molecular weight excluding hydrogens is 222 g/mol. The third kappa shape index (κ3) is 7.74. The SMILES string of the molecule is COc1ccc(C)cc1N.O=S(=O)(O)O. The summed E-state index contributed by atoms with van der Waals surface area (Å²) in [4.78, 5) is 0. The molecule has 6 nitrogen and oxygen atoms in total. The van der Waals surface area contributed by atoms with Crippen molar-refractivity contribution in [1.82, 2.24) is 0 Å². The number of anilines is 1. The molecule has 86 valence electrons. The highest BCUT2D eigenvalue weighted by atomic mass is 32.3. The average Bonchev–Trinajstić information content (AvgIpc) is 2.01. The summed E-state index contributed by atoms with van der Waals surface area (Å²) in [6.45, 7) is 2.00. The van der Waals surface area contributed by atoms with Crippen molar-refractivity contribution >= 4 is 16.1 Å². The van der Waals surface area contributed by atoms with Gasteiger partial charge in [0.1, 0.15) is 5.75 Å². The van der Waals surface area contributed by atoms with Crippen molar-refractivity contribution in [2.24, 2.45) is 0 Å². The topological polar surface area (TPSA) is 110 Å². The van der Waals surface area contributed by atoms with Gasteiger partial charge in [0.15, 0.2) is 0 Å². The fourth-order valence-electron chi connectivity index (χ4n) is 0.854. The van der Waals surface area contributed by atoms with E-state index in [1.54, 1.807) is 7.11 Å². The Bertz CT molecular complexity index is 407. The van der Waals surface area contributed by atoms with E-state index in [1.165, 1.54) is 0 Å². The Morgan fingerprint density at radius 2 is 1.80 bits per heavy atom. The Kier molecular flexibility index (Phi) is 5.06. The van der Waals surface area contributed by atoms with Crippen LogP contribution in [0.15, 0.2) is 18.2 Å². The second-order valence-corrected chi connectivity index (χ2v) is 3.59. The minimum atomic E-state index is -4.67. The molecule has 1 aromatic carbocycles. The third-order valence-electron chi connectivity index (χ3n) is 1.39. The minimum absolute atomic E-state index is 0.697. The van der Waals surface area contributed by atoms with E-state index in [1.807, 2.05) is 25.1 Å². The molecule has 0 aliphatic rings. The number of rotatable bonds is 1. The van der Waals surface area contributed by atoms with Gasteiger partial charge in [0.05, 0.1) is 12.8 Å². The Morgan fingerprint density at radius 1 is 1.33 bits per heavy atom. The van der Waals surface area contributed by atoms with E-state index < -0.39 is 10.4 Å². The van der Waals surface area contributed by atoms with Gasteiger partial charge in [-0.1, -0.05) is 6.07 Å². The normalized spacial score (nSPS) is 10.1. The van der Waals surface area contributed by atoms with Crippen molar-refractivity contribution in [2.45, 2.75) is 6.92 Å². The van der Waals surface area contributed by atoms with Crippen LogP contribution in [0.5, 0.6) is 5.75 Å².